The minimum atomic E-state index is 0.947. The molecule has 0 aliphatic heterocycles. The van der Waals surface area contributed by atoms with Crippen molar-refractivity contribution < 1.29 is 0 Å². The molecule has 0 saturated heterocycles. The zero-order valence-electron chi connectivity index (χ0n) is 17.6. The smallest absolute Gasteiger partial charge is 0.0228 e. The van der Waals surface area contributed by atoms with E-state index in [1.165, 1.54) is 107 Å². The van der Waals surface area contributed by atoms with Crippen molar-refractivity contribution in [2.24, 2.45) is 5.92 Å². The van der Waals surface area contributed by atoms with Gasteiger partial charge < -0.3 is 0 Å². The predicted octanol–water partition coefficient (Wildman–Crippen LogP) is 8.74. The predicted molar refractivity (Wildman–Crippen MR) is 118 cm³/mol. The molecule has 1 aliphatic rings. The van der Waals surface area contributed by atoms with Gasteiger partial charge in [-0.1, -0.05) is 108 Å². The van der Waals surface area contributed by atoms with Crippen LogP contribution < -0.4 is 0 Å². The fourth-order valence-corrected chi connectivity index (χ4v) is 4.27. The zero-order valence-corrected chi connectivity index (χ0v) is 17.6. The van der Waals surface area contributed by atoms with Gasteiger partial charge in [0.2, 0.25) is 0 Å². The van der Waals surface area contributed by atoms with Crippen LogP contribution in [-0.4, -0.2) is 0 Å². The van der Waals surface area contributed by atoms with E-state index < -0.39 is 0 Å². The van der Waals surface area contributed by atoms with E-state index in [9.17, 15) is 0 Å². The summed E-state index contributed by atoms with van der Waals surface area (Å²) < 4.78 is 0. The lowest BCUT2D eigenvalue weighted by atomic mass is 9.83. The number of allylic oxidation sites excluding steroid dienone is 2. The Labute approximate surface area is 163 Å². The van der Waals surface area contributed by atoms with Crippen LogP contribution >= 0.6 is 0 Å². The third-order valence-electron chi connectivity index (χ3n) is 6.13. The van der Waals surface area contributed by atoms with Crippen LogP contribution in [0.15, 0.2) is 30.3 Å². The fourth-order valence-electron chi connectivity index (χ4n) is 4.27. The lowest BCUT2D eigenvalue weighted by Crippen LogP contribution is -2.05. The second kappa shape index (κ2) is 13.2. The molecule has 1 aromatic carbocycles. The van der Waals surface area contributed by atoms with Crippen molar-refractivity contribution in [2.45, 2.75) is 110 Å². The van der Waals surface area contributed by atoms with E-state index >= 15 is 0 Å². The SMILES string of the molecule is CCCCCCCCC1CC=C(c2ccc(CCCCCC)cc2)CC1. The van der Waals surface area contributed by atoms with Crippen LogP contribution in [0.3, 0.4) is 0 Å². The first kappa shape index (κ1) is 21.3. The Morgan fingerprint density at radius 3 is 2.08 bits per heavy atom. The molecule has 1 atom stereocenters. The molecule has 1 aliphatic carbocycles. The first-order chi connectivity index (χ1) is 12.8. The molecule has 0 saturated carbocycles. The Hall–Kier alpha value is -1.04. The summed E-state index contributed by atoms with van der Waals surface area (Å²) in [5, 5.41) is 0. The summed E-state index contributed by atoms with van der Waals surface area (Å²) in [4.78, 5) is 0. The molecular formula is C26H42. The van der Waals surface area contributed by atoms with Crippen LogP contribution in [0.1, 0.15) is 115 Å². The standard InChI is InChI=1S/C26H42/c1-3-5-7-9-10-12-14-24-17-21-26(22-18-24)25-19-15-23(16-20-25)13-11-8-6-4-2/h15-16,19-21,24H,3-14,17-18,22H2,1-2H3. The summed E-state index contributed by atoms with van der Waals surface area (Å²) in [5.74, 6) is 0.947. The summed E-state index contributed by atoms with van der Waals surface area (Å²) >= 11 is 0. The average Bonchev–Trinajstić information content (AvgIpc) is 2.69. The van der Waals surface area contributed by atoms with Crippen LogP contribution in [0.5, 0.6) is 0 Å². The molecule has 0 bridgehead atoms. The number of hydrogen-bond donors (Lipinski definition) is 0. The van der Waals surface area contributed by atoms with Crippen LogP contribution in [0.25, 0.3) is 5.57 Å². The fraction of sp³-hybridized carbons (Fsp3) is 0.692. The van der Waals surface area contributed by atoms with E-state index in [2.05, 4.69) is 44.2 Å². The summed E-state index contributed by atoms with van der Waals surface area (Å²) in [6.07, 6.45) is 23.2. The van der Waals surface area contributed by atoms with E-state index in [0.717, 1.165) is 5.92 Å². The van der Waals surface area contributed by atoms with E-state index in [1.54, 1.807) is 5.57 Å². The first-order valence-corrected chi connectivity index (χ1v) is 11.6. The van der Waals surface area contributed by atoms with Crippen molar-refractivity contribution in [1.29, 1.82) is 0 Å². The van der Waals surface area contributed by atoms with Gasteiger partial charge in [0.05, 0.1) is 0 Å². The molecule has 26 heavy (non-hydrogen) atoms. The molecule has 2 rings (SSSR count). The lowest BCUT2D eigenvalue weighted by Gasteiger charge is -2.22. The highest BCUT2D eigenvalue weighted by Crippen LogP contribution is 2.33. The van der Waals surface area contributed by atoms with Crippen molar-refractivity contribution in [2.75, 3.05) is 0 Å². The van der Waals surface area contributed by atoms with Crippen LogP contribution in [0.2, 0.25) is 0 Å². The van der Waals surface area contributed by atoms with Gasteiger partial charge in [-0.3, -0.25) is 0 Å². The zero-order chi connectivity index (χ0) is 18.5. The van der Waals surface area contributed by atoms with Gasteiger partial charge in [-0.25, -0.2) is 0 Å². The van der Waals surface area contributed by atoms with Gasteiger partial charge in [-0.05, 0) is 54.7 Å². The largest absolute Gasteiger partial charge is 0.0804 e. The highest BCUT2D eigenvalue weighted by molar-refractivity contribution is 5.66. The molecule has 0 aromatic heterocycles. The van der Waals surface area contributed by atoms with E-state index in [-0.39, 0.29) is 0 Å². The quantitative estimate of drug-likeness (QED) is 0.310. The molecule has 146 valence electrons. The highest BCUT2D eigenvalue weighted by atomic mass is 14.2. The highest BCUT2D eigenvalue weighted by Gasteiger charge is 2.15. The van der Waals surface area contributed by atoms with Crippen LogP contribution in [0.4, 0.5) is 0 Å². The van der Waals surface area contributed by atoms with E-state index in [4.69, 9.17) is 0 Å². The van der Waals surface area contributed by atoms with E-state index in [0.29, 0.717) is 0 Å². The third kappa shape index (κ3) is 8.11. The molecule has 0 heteroatoms. The summed E-state index contributed by atoms with van der Waals surface area (Å²) in [6.45, 7) is 4.58. The summed E-state index contributed by atoms with van der Waals surface area (Å²) in [6, 6.07) is 9.47. The topological polar surface area (TPSA) is 0 Å². The number of benzene rings is 1. The molecule has 0 spiro atoms. The number of hydrogen-bond acceptors (Lipinski definition) is 0. The maximum absolute atomic E-state index is 2.54. The van der Waals surface area contributed by atoms with Gasteiger partial charge in [0, 0.05) is 0 Å². The van der Waals surface area contributed by atoms with Crippen molar-refractivity contribution >= 4 is 5.57 Å². The molecule has 0 N–H and O–H groups in total. The van der Waals surface area contributed by atoms with Crippen molar-refractivity contribution in [3.05, 3.63) is 41.5 Å². The Morgan fingerprint density at radius 1 is 0.769 bits per heavy atom. The van der Waals surface area contributed by atoms with Gasteiger partial charge in [-0.15, -0.1) is 0 Å². The average molecular weight is 355 g/mol. The normalized spacial score (nSPS) is 17.3. The Kier molecular flexibility index (Phi) is 10.8. The maximum Gasteiger partial charge on any atom is -0.0228 e. The summed E-state index contributed by atoms with van der Waals surface area (Å²) in [7, 11) is 0. The van der Waals surface area contributed by atoms with Crippen molar-refractivity contribution in [1.82, 2.24) is 0 Å². The summed E-state index contributed by atoms with van der Waals surface area (Å²) in [5.41, 5.74) is 4.59. The molecule has 1 aromatic rings. The lowest BCUT2D eigenvalue weighted by molar-refractivity contribution is 0.423. The number of aryl methyl sites for hydroxylation is 1. The molecule has 0 fully saturated rings. The van der Waals surface area contributed by atoms with Gasteiger partial charge in [0.25, 0.3) is 0 Å². The van der Waals surface area contributed by atoms with Crippen molar-refractivity contribution in [3.63, 3.8) is 0 Å². The van der Waals surface area contributed by atoms with Gasteiger partial charge in [0.15, 0.2) is 0 Å². The number of unbranched alkanes of at least 4 members (excludes halogenated alkanes) is 8. The second-order valence-electron chi connectivity index (χ2n) is 8.43. The third-order valence-corrected chi connectivity index (χ3v) is 6.13. The molecule has 0 radical (unpaired) electrons. The molecule has 0 heterocycles. The van der Waals surface area contributed by atoms with Gasteiger partial charge in [-0.2, -0.15) is 0 Å². The molecule has 0 amide bonds. The Bertz CT molecular complexity index is 493. The monoisotopic (exact) mass is 354 g/mol. The Balaban J connectivity index is 1.67. The van der Waals surface area contributed by atoms with Gasteiger partial charge >= 0.3 is 0 Å². The minimum absolute atomic E-state index is 0.947. The first-order valence-electron chi connectivity index (χ1n) is 11.6. The Morgan fingerprint density at radius 2 is 1.42 bits per heavy atom. The minimum Gasteiger partial charge on any atom is -0.0804 e. The van der Waals surface area contributed by atoms with Crippen LogP contribution in [0, 0.1) is 5.92 Å². The van der Waals surface area contributed by atoms with E-state index in [1.807, 2.05) is 0 Å². The molecule has 0 nitrogen and oxygen atoms in total. The van der Waals surface area contributed by atoms with Crippen LogP contribution in [-0.2, 0) is 6.42 Å². The second-order valence-corrected chi connectivity index (χ2v) is 8.43. The number of rotatable bonds is 13. The molecular weight excluding hydrogens is 312 g/mol. The maximum atomic E-state index is 2.54. The van der Waals surface area contributed by atoms with Gasteiger partial charge in [0.1, 0.15) is 0 Å². The molecule has 1 unspecified atom stereocenters. The van der Waals surface area contributed by atoms with Crippen molar-refractivity contribution in [3.8, 4) is 0 Å².